The average molecular weight is 362 g/mol. The molecule has 0 aromatic heterocycles. The summed E-state index contributed by atoms with van der Waals surface area (Å²) in [5, 5.41) is 0. The number of rotatable bonds is 4. The summed E-state index contributed by atoms with van der Waals surface area (Å²) in [6, 6.07) is 9.56. The van der Waals surface area contributed by atoms with Crippen molar-refractivity contribution in [1.29, 1.82) is 0 Å². The zero-order valence-corrected chi connectivity index (χ0v) is 12.8. The van der Waals surface area contributed by atoms with Crippen LogP contribution in [0.25, 0.3) is 0 Å². The summed E-state index contributed by atoms with van der Waals surface area (Å²) in [6.07, 6.45) is -10.9. The number of carbonyl (C=O) groups excluding carboxylic acids is 1. The molecule has 2 aromatic rings. The van der Waals surface area contributed by atoms with Crippen LogP contribution in [0.5, 0.6) is 11.5 Å². The van der Waals surface area contributed by atoms with E-state index in [1.165, 1.54) is 19.1 Å². The summed E-state index contributed by atoms with van der Waals surface area (Å²) in [6.45, 7) is 1.31. The highest BCUT2D eigenvalue weighted by molar-refractivity contribution is 5.96. The normalized spacial score (nSPS) is 12.3. The van der Waals surface area contributed by atoms with Crippen molar-refractivity contribution in [2.75, 3.05) is 0 Å². The molecule has 8 heteroatoms. The number of hydrogen-bond donors (Lipinski definition) is 0. The standard InChI is InChI=1S/C17H12F6O2/c1-10(24)13-4-2-3-5-14(13)25-12-8-6-11(7-9-12)15(16(18,19)20)17(21,22)23/h2-9,15H,1H3. The first-order valence-electron chi connectivity index (χ1n) is 7.01. The van der Waals surface area contributed by atoms with Crippen LogP contribution in [0.2, 0.25) is 0 Å². The van der Waals surface area contributed by atoms with Gasteiger partial charge in [-0.05, 0) is 36.8 Å². The molecule has 0 fully saturated rings. The van der Waals surface area contributed by atoms with Gasteiger partial charge in [-0.15, -0.1) is 0 Å². The molecular formula is C17H12F6O2. The van der Waals surface area contributed by atoms with Gasteiger partial charge < -0.3 is 4.74 Å². The molecule has 0 unspecified atom stereocenters. The van der Waals surface area contributed by atoms with Gasteiger partial charge in [0.2, 0.25) is 0 Å². The molecule has 134 valence electrons. The van der Waals surface area contributed by atoms with Gasteiger partial charge in [0.15, 0.2) is 11.7 Å². The van der Waals surface area contributed by atoms with Gasteiger partial charge in [-0.1, -0.05) is 24.3 Å². The molecule has 2 nitrogen and oxygen atoms in total. The Bertz CT molecular complexity index is 733. The summed E-state index contributed by atoms with van der Waals surface area (Å²) in [5.74, 6) is -3.69. The molecule has 0 N–H and O–H groups in total. The van der Waals surface area contributed by atoms with Gasteiger partial charge in [0.1, 0.15) is 11.5 Å². The van der Waals surface area contributed by atoms with E-state index in [1.54, 1.807) is 12.1 Å². The molecule has 0 saturated carbocycles. The van der Waals surface area contributed by atoms with Crippen molar-refractivity contribution >= 4 is 5.78 Å². The third kappa shape index (κ3) is 4.52. The van der Waals surface area contributed by atoms with Crippen LogP contribution in [0.4, 0.5) is 26.3 Å². The molecule has 0 aliphatic rings. The molecule has 0 aliphatic heterocycles. The molecule has 25 heavy (non-hydrogen) atoms. The Hall–Kier alpha value is -2.51. The van der Waals surface area contributed by atoms with E-state index in [-0.39, 0.29) is 22.8 Å². The van der Waals surface area contributed by atoms with Crippen LogP contribution in [-0.2, 0) is 0 Å². The van der Waals surface area contributed by atoms with Crippen LogP contribution in [-0.4, -0.2) is 18.1 Å². The second-order valence-corrected chi connectivity index (χ2v) is 5.24. The molecule has 0 atom stereocenters. The lowest BCUT2D eigenvalue weighted by Crippen LogP contribution is -2.34. The van der Waals surface area contributed by atoms with Crippen LogP contribution in [0.3, 0.4) is 0 Å². The smallest absolute Gasteiger partial charge is 0.404 e. The second-order valence-electron chi connectivity index (χ2n) is 5.24. The monoisotopic (exact) mass is 362 g/mol. The number of ether oxygens (including phenoxy) is 1. The quantitative estimate of drug-likeness (QED) is 0.501. The van der Waals surface area contributed by atoms with E-state index in [4.69, 9.17) is 4.74 Å². The van der Waals surface area contributed by atoms with Crippen LogP contribution in [0.15, 0.2) is 48.5 Å². The Morgan fingerprint density at radius 1 is 0.880 bits per heavy atom. The minimum absolute atomic E-state index is 0.0144. The lowest BCUT2D eigenvalue weighted by molar-refractivity contribution is -0.253. The average Bonchev–Trinajstić information content (AvgIpc) is 2.46. The maximum Gasteiger partial charge on any atom is 0.404 e. The van der Waals surface area contributed by atoms with E-state index in [0.717, 1.165) is 12.1 Å². The Morgan fingerprint density at radius 3 is 1.88 bits per heavy atom. The largest absolute Gasteiger partial charge is 0.457 e. The highest BCUT2D eigenvalue weighted by atomic mass is 19.4. The summed E-state index contributed by atoms with van der Waals surface area (Å²) < 4.78 is 81.6. The van der Waals surface area contributed by atoms with Crippen LogP contribution >= 0.6 is 0 Å². The van der Waals surface area contributed by atoms with Gasteiger partial charge in [-0.2, -0.15) is 26.3 Å². The number of para-hydroxylation sites is 1. The molecule has 0 radical (unpaired) electrons. The van der Waals surface area contributed by atoms with Crippen molar-refractivity contribution in [3.05, 3.63) is 59.7 Å². The zero-order valence-electron chi connectivity index (χ0n) is 12.8. The maximum absolute atomic E-state index is 12.7. The fraction of sp³-hybridized carbons (Fsp3) is 0.235. The predicted molar refractivity (Wildman–Crippen MR) is 77.8 cm³/mol. The molecule has 0 aliphatic carbocycles. The highest BCUT2D eigenvalue weighted by Gasteiger charge is 2.57. The number of carbonyl (C=O) groups is 1. The van der Waals surface area contributed by atoms with Crippen molar-refractivity contribution in [2.45, 2.75) is 25.2 Å². The number of halogens is 6. The van der Waals surface area contributed by atoms with Gasteiger partial charge >= 0.3 is 12.4 Å². The van der Waals surface area contributed by atoms with E-state index in [2.05, 4.69) is 0 Å². The summed E-state index contributed by atoms with van der Waals surface area (Å²) in [5.41, 5.74) is -0.692. The molecule has 2 aromatic carbocycles. The molecule has 2 rings (SSSR count). The van der Waals surface area contributed by atoms with E-state index >= 15 is 0 Å². The lowest BCUT2D eigenvalue weighted by atomic mass is 9.98. The Kier molecular flexibility index (Phi) is 5.10. The highest BCUT2D eigenvalue weighted by Crippen LogP contribution is 2.46. The van der Waals surface area contributed by atoms with Gasteiger partial charge in [0.25, 0.3) is 0 Å². The molecule has 0 saturated heterocycles. The Balaban J connectivity index is 2.30. The topological polar surface area (TPSA) is 26.3 Å². The van der Waals surface area contributed by atoms with E-state index in [0.29, 0.717) is 12.1 Å². The summed E-state index contributed by atoms with van der Waals surface area (Å²) in [7, 11) is 0. The molecule has 0 amide bonds. The summed E-state index contributed by atoms with van der Waals surface area (Å²) >= 11 is 0. The number of alkyl halides is 6. The van der Waals surface area contributed by atoms with Crippen LogP contribution in [0.1, 0.15) is 28.8 Å². The van der Waals surface area contributed by atoms with Crippen molar-refractivity contribution in [3.63, 3.8) is 0 Å². The molecule has 0 bridgehead atoms. The fourth-order valence-electron chi connectivity index (χ4n) is 2.27. The van der Waals surface area contributed by atoms with Crippen molar-refractivity contribution in [1.82, 2.24) is 0 Å². The first kappa shape index (κ1) is 18.8. The minimum Gasteiger partial charge on any atom is -0.457 e. The maximum atomic E-state index is 12.7. The number of benzene rings is 2. The fourth-order valence-corrected chi connectivity index (χ4v) is 2.27. The van der Waals surface area contributed by atoms with Crippen molar-refractivity contribution in [3.8, 4) is 11.5 Å². The number of Topliss-reactive ketones (excluding diaryl/α,β-unsaturated/α-hetero) is 1. The Morgan fingerprint density at radius 2 is 1.40 bits per heavy atom. The van der Waals surface area contributed by atoms with E-state index in [1.807, 2.05) is 0 Å². The van der Waals surface area contributed by atoms with E-state index < -0.39 is 23.8 Å². The van der Waals surface area contributed by atoms with Crippen LogP contribution in [0, 0.1) is 0 Å². The lowest BCUT2D eigenvalue weighted by Gasteiger charge is -2.23. The first-order chi connectivity index (χ1) is 11.5. The van der Waals surface area contributed by atoms with Gasteiger partial charge in [-0.25, -0.2) is 0 Å². The van der Waals surface area contributed by atoms with Gasteiger partial charge in [-0.3, -0.25) is 4.79 Å². The van der Waals surface area contributed by atoms with Crippen LogP contribution < -0.4 is 4.74 Å². The van der Waals surface area contributed by atoms with Crippen molar-refractivity contribution in [2.24, 2.45) is 0 Å². The third-order valence-electron chi connectivity index (χ3n) is 3.36. The molecular weight excluding hydrogens is 350 g/mol. The SMILES string of the molecule is CC(=O)c1ccccc1Oc1ccc(C(C(F)(F)F)C(F)(F)F)cc1. The molecule has 0 heterocycles. The number of ketones is 1. The minimum atomic E-state index is -5.46. The molecule has 0 spiro atoms. The van der Waals surface area contributed by atoms with Gasteiger partial charge in [0, 0.05) is 0 Å². The Labute approximate surface area is 139 Å². The number of hydrogen-bond acceptors (Lipinski definition) is 2. The predicted octanol–water partition coefficient (Wildman–Crippen LogP) is 5.89. The first-order valence-corrected chi connectivity index (χ1v) is 7.01. The second kappa shape index (κ2) is 6.78. The van der Waals surface area contributed by atoms with Gasteiger partial charge in [0.05, 0.1) is 5.56 Å². The van der Waals surface area contributed by atoms with Crippen molar-refractivity contribution < 1.29 is 35.9 Å². The summed E-state index contributed by atoms with van der Waals surface area (Å²) in [4.78, 5) is 11.5. The zero-order chi connectivity index (χ0) is 18.8. The van der Waals surface area contributed by atoms with E-state index in [9.17, 15) is 31.1 Å². The third-order valence-corrected chi connectivity index (χ3v) is 3.36.